The standard InChI is InChI=1S/C18H31NO/c1-2-3-7-15-10-12-17(13-11-15)18(20)19-14-16-8-5-4-6-9-16/h4-5,15-17H,2-3,6-14H2,1H3,(H,19,20). The molecule has 1 amide bonds. The van der Waals surface area contributed by atoms with Crippen molar-refractivity contribution in [1.82, 2.24) is 5.32 Å². The topological polar surface area (TPSA) is 29.1 Å². The lowest BCUT2D eigenvalue weighted by Gasteiger charge is -2.28. The average molecular weight is 277 g/mol. The van der Waals surface area contributed by atoms with Crippen molar-refractivity contribution in [2.45, 2.75) is 71.1 Å². The van der Waals surface area contributed by atoms with Crippen LogP contribution in [-0.4, -0.2) is 12.5 Å². The van der Waals surface area contributed by atoms with Gasteiger partial charge in [0.1, 0.15) is 0 Å². The van der Waals surface area contributed by atoms with Crippen LogP contribution in [0, 0.1) is 17.8 Å². The highest BCUT2D eigenvalue weighted by Crippen LogP contribution is 2.32. The summed E-state index contributed by atoms with van der Waals surface area (Å²) < 4.78 is 0. The third-order valence-electron chi connectivity index (χ3n) is 5.13. The average Bonchev–Trinajstić information content (AvgIpc) is 2.52. The Hall–Kier alpha value is -0.790. The normalized spacial score (nSPS) is 30.1. The lowest BCUT2D eigenvalue weighted by atomic mass is 9.79. The summed E-state index contributed by atoms with van der Waals surface area (Å²) in [5.41, 5.74) is 0. The lowest BCUT2D eigenvalue weighted by Crippen LogP contribution is -2.36. The Morgan fingerprint density at radius 2 is 1.90 bits per heavy atom. The first-order chi connectivity index (χ1) is 9.79. The number of carbonyl (C=O) groups is 1. The predicted octanol–water partition coefficient (Wildman–Crippen LogP) is 4.46. The molecule has 2 heteroatoms. The first kappa shape index (κ1) is 15.6. The second kappa shape index (κ2) is 8.49. The van der Waals surface area contributed by atoms with Crippen LogP contribution in [0.2, 0.25) is 0 Å². The molecule has 1 atom stereocenters. The molecule has 0 bridgehead atoms. The maximum absolute atomic E-state index is 12.2. The van der Waals surface area contributed by atoms with Gasteiger partial charge in [0.05, 0.1) is 0 Å². The van der Waals surface area contributed by atoms with E-state index in [9.17, 15) is 4.79 Å². The SMILES string of the molecule is CCCCC1CCC(C(=O)NCC2CC=CCC2)CC1. The van der Waals surface area contributed by atoms with Crippen molar-refractivity contribution in [3.63, 3.8) is 0 Å². The van der Waals surface area contributed by atoms with Gasteiger partial charge >= 0.3 is 0 Å². The minimum Gasteiger partial charge on any atom is -0.356 e. The number of hydrogen-bond donors (Lipinski definition) is 1. The van der Waals surface area contributed by atoms with E-state index in [-0.39, 0.29) is 0 Å². The molecule has 0 spiro atoms. The van der Waals surface area contributed by atoms with Gasteiger partial charge in [0.25, 0.3) is 0 Å². The Balaban J connectivity index is 1.62. The van der Waals surface area contributed by atoms with E-state index in [4.69, 9.17) is 0 Å². The molecule has 0 heterocycles. The predicted molar refractivity (Wildman–Crippen MR) is 84.5 cm³/mol. The molecule has 1 N–H and O–H groups in total. The molecule has 0 saturated heterocycles. The Morgan fingerprint density at radius 1 is 1.10 bits per heavy atom. The van der Waals surface area contributed by atoms with Gasteiger partial charge in [-0.15, -0.1) is 0 Å². The number of rotatable bonds is 6. The zero-order valence-electron chi connectivity index (χ0n) is 13.1. The molecule has 2 nitrogen and oxygen atoms in total. The summed E-state index contributed by atoms with van der Waals surface area (Å²) in [7, 11) is 0. The Kier molecular flexibility index (Phi) is 6.62. The first-order valence-corrected chi connectivity index (χ1v) is 8.72. The highest BCUT2D eigenvalue weighted by molar-refractivity contribution is 5.78. The maximum Gasteiger partial charge on any atom is 0.223 e. The molecule has 2 rings (SSSR count). The third-order valence-corrected chi connectivity index (χ3v) is 5.13. The number of hydrogen-bond acceptors (Lipinski definition) is 1. The van der Waals surface area contributed by atoms with Crippen LogP contribution in [0.25, 0.3) is 0 Å². The summed E-state index contributed by atoms with van der Waals surface area (Å²) in [6, 6.07) is 0. The van der Waals surface area contributed by atoms with Crippen LogP contribution < -0.4 is 5.32 Å². The molecular weight excluding hydrogens is 246 g/mol. The zero-order chi connectivity index (χ0) is 14.2. The van der Waals surface area contributed by atoms with Crippen LogP contribution in [0.5, 0.6) is 0 Å². The second-order valence-corrected chi connectivity index (χ2v) is 6.76. The van der Waals surface area contributed by atoms with Crippen LogP contribution in [0.15, 0.2) is 12.2 Å². The van der Waals surface area contributed by atoms with Gasteiger partial charge in [-0.2, -0.15) is 0 Å². The van der Waals surface area contributed by atoms with Crippen molar-refractivity contribution in [1.29, 1.82) is 0 Å². The van der Waals surface area contributed by atoms with E-state index in [1.807, 2.05) is 0 Å². The molecule has 0 radical (unpaired) electrons. The molecule has 1 unspecified atom stereocenters. The highest BCUT2D eigenvalue weighted by atomic mass is 16.1. The number of nitrogens with one attached hydrogen (secondary N) is 1. The Morgan fingerprint density at radius 3 is 2.55 bits per heavy atom. The minimum atomic E-state index is 0.298. The number of unbranched alkanes of at least 4 members (excludes halogenated alkanes) is 1. The molecule has 0 aromatic rings. The lowest BCUT2D eigenvalue weighted by molar-refractivity contribution is -0.126. The molecule has 20 heavy (non-hydrogen) atoms. The fourth-order valence-corrected chi connectivity index (χ4v) is 3.64. The van der Waals surface area contributed by atoms with E-state index in [1.54, 1.807) is 0 Å². The molecule has 0 aromatic carbocycles. The Bertz CT molecular complexity index is 315. The minimum absolute atomic E-state index is 0.298. The smallest absolute Gasteiger partial charge is 0.223 e. The van der Waals surface area contributed by atoms with Crippen LogP contribution in [0.4, 0.5) is 0 Å². The molecule has 114 valence electrons. The monoisotopic (exact) mass is 277 g/mol. The van der Waals surface area contributed by atoms with Crippen LogP contribution >= 0.6 is 0 Å². The van der Waals surface area contributed by atoms with E-state index in [0.29, 0.717) is 17.7 Å². The van der Waals surface area contributed by atoms with E-state index in [1.165, 1.54) is 44.9 Å². The molecular formula is C18H31NO. The number of amides is 1. The largest absolute Gasteiger partial charge is 0.356 e. The summed E-state index contributed by atoms with van der Waals surface area (Å²) in [5.74, 6) is 2.19. The summed E-state index contributed by atoms with van der Waals surface area (Å²) in [6.07, 6.45) is 16.9. The highest BCUT2D eigenvalue weighted by Gasteiger charge is 2.26. The van der Waals surface area contributed by atoms with Crippen molar-refractivity contribution < 1.29 is 4.79 Å². The Labute approximate surface area is 124 Å². The van der Waals surface area contributed by atoms with Crippen LogP contribution in [0.1, 0.15) is 71.1 Å². The van der Waals surface area contributed by atoms with E-state index in [0.717, 1.165) is 31.7 Å². The van der Waals surface area contributed by atoms with Crippen LogP contribution in [0.3, 0.4) is 0 Å². The summed E-state index contributed by atoms with van der Waals surface area (Å²) in [6.45, 7) is 3.15. The van der Waals surface area contributed by atoms with Gasteiger partial charge in [0, 0.05) is 12.5 Å². The molecule has 0 aliphatic heterocycles. The van der Waals surface area contributed by atoms with Crippen molar-refractivity contribution in [2.75, 3.05) is 6.54 Å². The fraction of sp³-hybridized carbons (Fsp3) is 0.833. The van der Waals surface area contributed by atoms with Gasteiger partial charge in [-0.1, -0.05) is 38.3 Å². The van der Waals surface area contributed by atoms with Gasteiger partial charge in [0.15, 0.2) is 0 Å². The zero-order valence-corrected chi connectivity index (χ0v) is 13.1. The summed E-state index contributed by atoms with van der Waals surface area (Å²) >= 11 is 0. The summed E-state index contributed by atoms with van der Waals surface area (Å²) in [4.78, 5) is 12.2. The van der Waals surface area contributed by atoms with E-state index in [2.05, 4.69) is 24.4 Å². The van der Waals surface area contributed by atoms with Crippen molar-refractivity contribution in [3.05, 3.63) is 12.2 Å². The van der Waals surface area contributed by atoms with Gasteiger partial charge in [-0.3, -0.25) is 4.79 Å². The quantitative estimate of drug-likeness (QED) is 0.714. The van der Waals surface area contributed by atoms with Crippen molar-refractivity contribution in [2.24, 2.45) is 17.8 Å². The maximum atomic E-state index is 12.2. The van der Waals surface area contributed by atoms with E-state index >= 15 is 0 Å². The first-order valence-electron chi connectivity index (χ1n) is 8.72. The van der Waals surface area contributed by atoms with Crippen LogP contribution in [-0.2, 0) is 4.79 Å². The third kappa shape index (κ3) is 4.96. The summed E-state index contributed by atoms with van der Waals surface area (Å²) in [5, 5.41) is 3.21. The van der Waals surface area contributed by atoms with Gasteiger partial charge < -0.3 is 5.32 Å². The molecule has 2 aliphatic rings. The fourth-order valence-electron chi connectivity index (χ4n) is 3.64. The molecule has 1 fully saturated rings. The molecule has 1 saturated carbocycles. The molecule has 0 aromatic heterocycles. The van der Waals surface area contributed by atoms with Gasteiger partial charge in [0.2, 0.25) is 5.91 Å². The van der Waals surface area contributed by atoms with Gasteiger partial charge in [-0.05, 0) is 56.8 Å². The van der Waals surface area contributed by atoms with Crippen molar-refractivity contribution in [3.8, 4) is 0 Å². The van der Waals surface area contributed by atoms with Crippen molar-refractivity contribution >= 4 is 5.91 Å². The number of carbonyl (C=O) groups excluding carboxylic acids is 1. The van der Waals surface area contributed by atoms with Gasteiger partial charge in [-0.25, -0.2) is 0 Å². The number of allylic oxidation sites excluding steroid dienone is 2. The molecule has 2 aliphatic carbocycles. The second-order valence-electron chi connectivity index (χ2n) is 6.76. The van der Waals surface area contributed by atoms with E-state index < -0.39 is 0 Å².